The summed E-state index contributed by atoms with van der Waals surface area (Å²) in [6.45, 7) is 8.95. The summed E-state index contributed by atoms with van der Waals surface area (Å²) < 4.78 is 15.9. The second-order valence-electron chi connectivity index (χ2n) is 13.4. The van der Waals surface area contributed by atoms with Crippen molar-refractivity contribution in [2.75, 3.05) is 0 Å². The van der Waals surface area contributed by atoms with E-state index in [0.29, 0.717) is 28.7 Å². The van der Waals surface area contributed by atoms with E-state index in [-0.39, 0.29) is 35.0 Å². The molecule has 1 aromatic carbocycles. The van der Waals surface area contributed by atoms with E-state index in [0.717, 1.165) is 50.0 Å². The Balaban J connectivity index is 1.22. The first kappa shape index (κ1) is 23.6. The maximum absolute atomic E-state index is 14.3. The normalized spacial score (nSPS) is 43.0. The SMILES string of the molecule is Cc1cc(F)c2nnn(CC(=O)[C@H]3CC[C@H]4[C@@H]5CC[C@@H]6C[C@](C)(O)CC[C@]6(C)[C@H]5CC[C@]34C)c2c1. The number of carbonyl (C=O) groups is 1. The predicted molar refractivity (Wildman–Crippen MR) is 133 cm³/mol. The van der Waals surface area contributed by atoms with Gasteiger partial charge in [-0.15, -0.1) is 5.10 Å². The minimum absolute atomic E-state index is 0.0408. The molecule has 4 aliphatic carbocycles. The zero-order valence-electron chi connectivity index (χ0n) is 21.7. The number of nitrogens with zero attached hydrogens (tertiary/aromatic N) is 3. The minimum Gasteiger partial charge on any atom is -0.390 e. The fourth-order valence-corrected chi connectivity index (χ4v) is 9.49. The van der Waals surface area contributed by atoms with E-state index in [1.54, 1.807) is 4.68 Å². The van der Waals surface area contributed by atoms with Crippen LogP contribution in [0.3, 0.4) is 0 Å². The number of aryl methyl sites for hydroxylation is 1. The molecule has 0 saturated heterocycles. The van der Waals surface area contributed by atoms with Crippen LogP contribution in [0.15, 0.2) is 12.1 Å². The zero-order valence-corrected chi connectivity index (χ0v) is 21.7. The third-order valence-electron chi connectivity index (χ3n) is 11.4. The van der Waals surface area contributed by atoms with Crippen molar-refractivity contribution in [2.24, 2.45) is 40.4 Å². The summed E-state index contributed by atoms with van der Waals surface area (Å²) in [6, 6.07) is 3.34. The van der Waals surface area contributed by atoms with Crippen molar-refractivity contribution in [1.29, 1.82) is 0 Å². The van der Waals surface area contributed by atoms with E-state index in [1.807, 2.05) is 19.9 Å². The number of carbonyl (C=O) groups excluding carboxylic acids is 1. The van der Waals surface area contributed by atoms with Crippen LogP contribution in [0.1, 0.15) is 84.1 Å². The first-order chi connectivity index (χ1) is 16.5. The van der Waals surface area contributed by atoms with E-state index in [9.17, 15) is 14.3 Å². The fourth-order valence-electron chi connectivity index (χ4n) is 9.49. The Morgan fingerprint density at radius 1 is 1.06 bits per heavy atom. The van der Waals surface area contributed by atoms with E-state index in [1.165, 1.54) is 25.3 Å². The van der Waals surface area contributed by atoms with Gasteiger partial charge in [-0.3, -0.25) is 4.79 Å². The van der Waals surface area contributed by atoms with Gasteiger partial charge in [0.2, 0.25) is 0 Å². The average Bonchev–Trinajstić information content (AvgIpc) is 3.35. The third-order valence-corrected chi connectivity index (χ3v) is 11.4. The molecule has 0 aliphatic heterocycles. The molecule has 6 rings (SSSR count). The molecule has 2 aromatic rings. The largest absolute Gasteiger partial charge is 0.390 e. The van der Waals surface area contributed by atoms with Crippen LogP contribution in [0.5, 0.6) is 0 Å². The predicted octanol–water partition coefficient (Wildman–Crippen LogP) is 5.86. The van der Waals surface area contributed by atoms with Crippen LogP contribution in [0.2, 0.25) is 0 Å². The molecule has 1 heterocycles. The monoisotopic (exact) mass is 481 g/mol. The lowest BCUT2D eigenvalue weighted by atomic mass is 9.44. The highest BCUT2D eigenvalue weighted by molar-refractivity contribution is 5.84. The summed E-state index contributed by atoms with van der Waals surface area (Å²) in [7, 11) is 0. The van der Waals surface area contributed by atoms with Crippen LogP contribution in [0, 0.1) is 53.2 Å². The fraction of sp³-hybridized carbons (Fsp3) is 0.759. The summed E-state index contributed by atoms with van der Waals surface area (Å²) in [4.78, 5) is 13.7. The molecule has 0 radical (unpaired) electrons. The second-order valence-corrected chi connectivity index (χ2v) is 13.4. The summed E-state index contributed by atoms with van der Waals surface area (Å²) in [5.74, 6) is 2.53. The lowest BCUT2D eigenvalue weighted by molar-refractivity contribution is -0.151. The molecular formula is C29H40FN3O2. The van der Waals surface area contributed by atoms with Gasteiger partial charge in [0.15, 0.2) is 11.6 Å². The molecule has 190 valence electrons. The summed E-state index contributed by atoms with van der Waals surface area (Å²) in [6.07, 6.45) is 9.86. The second kappa shape index (κ2) is 7.84. The molecule has 35 heavy (non-hydrogen) atoms. The molecule has 8 atom stereocenters. The van der Waals surface area contributed by atoms with Gasteiger partial charge in [-0.1, -0.05) is 19.1 Å². The standard InChI is InChI=1S/C29H40FN3O2/c1-17-13-23(30)26-24(14-17)33(32-31-26)16-25(34)22-8-7-20-19-6-5-18-15-27(2,35)11-12-28(18,3)21(19)9-10-29(20,22)4/h13-14,18-22,35H,5-12,15-16H2,1-4H3/t18-,19+,20+,21+,22-,27-,28+,29+/m1/s1. The molecule has 0 bridgehead atoms. The van der Waals surface area contributed by atoms with Gasteiger partial charge in [0.25, 0.3) is 0 Å². The van der Waals surface area contributed by atoms with Crippen molar-refractivity contribution in [3.05, 3.63) is 23.5 Å². The molecular weight excluding hydrogens is 441 g/mol. The van der Waals surface area contributed by atoms with E-state index >= 15 is 0 Å². The van der Waals surface area contributed by atoms with Gasteiger partial charge < -0.3 is 5.11 Å². The van der Waals surface area contributed by atoms with Crippen LogP contribution >= 0.6 is 0 Å². The van der Waals surface area contributed by atoms with Crippen molar-refractivity contribution in [2.45, 2.75) is 97.6 Å². The Morgan fingerprint density at radius 3 is 2.63 bits per heavy atom. The van der Waals surface area contributed by atoms with Gasteiger partial charge in [0.1, 0.15) is 12.1 Å². The summed E-state index contributed by atoms with van der Waals surface area (Å²) in [5.41, 5.74) is 1.54. The Labute approximate surface area is 207 Å². The highest BCUT2D eigenvalue weighted by Gasteiger charge is 2.61. The first-order valence-electron chi connectivity index (χ1n) is 13.8. The van der Waals surface area contributed by atoms with Gasteiger partial charge in [0.05, 0.1) is 11.1 Å². The lowest BCUT2D eigenvalue weighted by Crippen LogP contribution is -2.55. The smallest absolute Gasteiger partial charge is 0.157 e. The summed E-state index contributed by atoms with van der Waals surface area (Å²) in [5, 5.41) is 18.9. The molecule has 4 fully saturated rings. The molecule has 0 unspecified atom stereocenters. The highest BCUT2D eigenvalue weighted by atomic mass is 19.1. The number of aromatic nitrogens is 3. The quantitative estimate of drug-likeness (QED) is 0.596. The number of ketones is 1. The van der Waals surface area contributed by atoms with Gasteiger partial charge in [0, 0.05) is 5.92 Å². The maximum Gasteiger partial charge on any atom is 0.157 e. The van der Waals surface area contributed by atoms with E-state index < -0.39 is 5.60 Å². The Bertz CT molecular complexity index is 1170. The van der Waals surface area contributed by atoms with Crippen LogP contribution in [0.25, 0.3) is 11.0 Å². The van der Waals surface area contributed by atoms with Crippen LogP contribution in [-0.2, 0) is 11.3 Å². The topological polar surface area (TPSA) is 68.0 Å². The Hall–Kier alpha value is -1.82. The number of hydrogen-bond donors (Lipinski definition) is 1. The van der Waals surface area contributed by atoms with Crippen LogP contribution in [0.4, 0.5) is 4.39 Å². The highest BCUT2D eigenvalue weighted by Crippen LogP contribution is 2.68. The van der Waals surface area contributed by atoms with Gasteiger partial charge in [-0.2, -0.15) is 0 Å². The van der Waals surface area contributed by atoms with Gasteiger partial charge in [-0.25, -0.2) is 9.07 Å². The molecule has 4 saturated carbocycles. The Morgan fingerprint density at radius 2 is 1.83 bits per heavy atom. The summed E-state index contributed by atoms with van der Waals surface area (Å²) >= 11 is 0. The number of fused-ring (bicyclic) bond motifs is 6. The number of hydrogen-bond acceptors (Lipinski definition) is 4. The molecule has 0 spiro atoms. The van der Waals surface area contributed by atoms with E-state index in [4.69, 9.17) is 0 Å². The van der Waals surface area contributed by atoms with Crippen molar-refractivity contribution in [1.82, 2.24) is 15.0 Å². The van der Waals surface area contributed by atoms with Crippen molar-refractivity contribution >= 4 is 16.8 Å². The Kier molecular flexibility index (Phi) is 5.28. The van der Waals surface area contributed by atoms with Crippen molar-refractivity contribution < 1.29 is 14.3 Å². The minimum atomic E-state index is -0.502. The van der Waals surface area contributed by atoms with E-state index in [2.05, 4.69) is 24.2 Å². The maximum atomic E-state index is 14.3. The molecule has 0 amide bonds. The third kappa shape index (κ3) is 3.53. The number of aliphatic hydroxyl groups is 1. The first-order valence-corrected chi connectivity index (χ1v) is 13.8. The van der Waals surface area contributed by atoms with Crippen LogP contribution < -0.4 is 0 Å². The van der Waals surface area contributed by atoms with Gasteiger partial charge in [-0.05, 0) is 124 Å². The average molecular weight is 482 g/mol. The van der Waals surface area contributed by atoms with Gasteiger partial charge >= 0.3 is 0 Å². The molecule has 1 aromatic heterocycles. The molecule has 6 heteroatoms. The number of Topliss-reactive ketones (excluding diaryl/α,β-unsaturated/α-hetero) is 1. The van der Waals surface area contributed by atoms with Crippen molar-refractivity contribution in [3.63, 3.8) is 0 Å². The van der Waals surface area contributed by atoms with Crippen LogP contribution in [-0.4, -0.2) is 31.5 Å². The number of halogens is 1. The number of benzene rings is 1. The molecule has 1 N–H and O–H groups in total. The lowest BCUT2D eigenvalue weighted by Gasteiger charge is -2.61. The van der Waals surface area contributed by atoms with Crippen molar-refractivity contribution in [3.8, 4) is 0 Å². The number of rotatable bonds is 3. The molecule has 5 nitrogen and oxygen atoms in total. The molecule has 4 aliphatic rings. The zero-order chi connectivity index (χ0) is 24.8.